The van der Waals surface area contributed by atoms with E-state index in [2.05, 4.69) is 19.6 Å². The lowest BCUT2D eigenvalue weighted by atomic mass is 10.1. The van der Waals surface area contributed by atoms with Gasteiger partial charge in [0.25, 0.3) is 0 Å². The van der Waals surface area contributed by atoms with Gasteiger partial charge in [0.2, 0.25) is 10.0 Å². The fourth-order valence-corrected chi connectivity index (χ4v) is 9.27. The molecule has 12 nitrogen and oxygen atoms in total. The highest BCUT2D eigenvalue weighted by Gasteiger charge is 2.27. The van der Waals surface area contributed by atoms with Crippen LogP contribution in [0, 0.1) is 0 Å². The lowest BCUT2D eigenvalue weighted by Gasteiger charge is -2.27. The lowest BCUT2D eigenvalue weighted by molar-refractivity contribution is 0.0972. The van der Waals surface area contributed by atoms with Crippen LogP contribution in [-0.4, -0.2) is 81.5 Å². The third-order valence-corrected chi connectivity index (χ3v) is 12.2. The number of benzene rings is 4. The molecule has 6 aromatic rings. The van der Waals surface area contributed by atoms with E-state index < -0.39 is 26.2 Å². The summed E-state index contributed by atoms with van der Waals surface area (Å²) in [5.74, 6) is 0.123. The van der Waals surface area contributed by atoms with E-state index in [4.69, 9.17) is 8.92 Å². The van der Waals surface area contributed by atoms with E-state index in [1.165, 1.54) is 12.3 Å². The second kappa shape index (κ2) is 16.3. The van der Waals surface area contributed by atoms with Crippen LogP contribution in [0.1, 0.15) is 17.5 Å². The fraction of sp³-hybridized carbons (Fsp3) is 0.225. The highest BCUT2D eigenvalue weighted by Crippen LogP contribution is 2.27. The molecule has 3 heterocycles. The molecule has 0 spiro atoms. The summed E-state index contributed by atoms with van der Waals surface area (Å²) >= 11 is 0. The number of nitrogens with zero attached hydrogens (tertiary/aromatic N) is 4. The minimum atomic E-state index is -4.17. The SMILES string of the molecule is O=C(OCc1ccccc1)N1CCCN(CC(Cc2ccc(OS(=O)(=O)c3cccc4cnccc34)cc2)NS(=O)(=O)c2cccc3cnccc23)CC1. The summed E-state index contributed by atoms with van der Waals surface area (Å²) in [7, 11) is -8.17. The molecule has 0 saturated carbocycles. The number of amides is 1. The molecule has 0 aliphatic carbocycles. The molecule has 14 heteroatoms. The highest BCUT2D eigenvalue weighted by atomic mass is 32.2. The Labute approximate surface area is 314 Å². The summed E-state index contributed by atoms with van der Waals surface area (Å²) in [5, 5.41) is 2.44. The first-order chi connectivity index (χ1) is 26.1. The molecule has 278 valence electrons. The molecule has 4 aromatic carbocycles. The van der Waals surface area contributed by atoms with Gasteiger partial charge in [-0.1, -0.05) is 66.7 Å². The predicted octanol–water partition coefficient (Wildman–Crippen LogP) is 5.78. The minimum absolute atomic E-state index is 0.0330. The van der Waals surface area contributed by atoms with Gasteiger partial charge in [-0.3, -0.25) is 14.9 Å². The molecule has 54 heavy (non-hydrogen) atoms. The van der Waals surface area contributed by atoms with Gasteiger partial charge in [-0.25, -0.2) is 17.9 Å². The van der Waals surface area contributed by atoms with E-state index in [0.717, 1.165) is 11.1 Å². The van der Waals surface area contributed by atoms with Gasteiger partial charge in [-0.15, -0.1) is 0 Å². The number of pyridine rings is 2. The maximum Gasteiger partial charge on any atom is 0.410 e. The molecule has 1 N–H and O–H groups in total. The van der Waals surface area contributed by atoms with Gasteiger partial charge in [0.15, 0.2) is 0 Å². The standard InChI is InChI=1S/C40H39N5O7S2/c46-40(51-29-31-7-2-1-3-8-31)45-22-6-21-44(23-24-45)28-34(43-53(47,48)38-11-4-9-32-26-41-19-17-36(32)38)25-30-13-15-35(16-14-30)52-54(49,50)39-12-5-10-33-27-42-20-18-37(33)39/h1-5,7-20,26-27,34,43H,6,21-25,28-29H2. The Balaban J connectivity index is 1.07. The van der Waals surface area contributed by atoms with E-state index in [1.54, 1.807) is 84.2 Å². The van der Waals surface area contributed by atoms with Gasteiger partial charge < -0.3 is 13.8 Å². The van der Waals surface area contributed by atoms with Crippen LogP contribution >= 0.6 is 0 Å². The Morgan fingerprint density at radius 3 is 2.07 bits per heavy atom. The zero-order valence-electron chi connectivity index (χ0n) is 29.3. The van der Waals surface area contributed by atoms with Gasteiger partial charge in [0.05, 0.1) is 4.90 Å². The van der Waals surface area contributed by atoms with Crippen LogP contribution in [0.3, 0.4) is 0 Å². The molecule has 7 rings (SSSR count). The Hall–Kier alpha value is -5.41. The van der Waals surface area contributed by atoms with Crippen LogP contribution in [0.25, 0.3) is 21.5 Å². The topological polar surface area (TPSA) is 148 Å². The monoisotopic (exact) mass is 765 g/mol. The van der Waals surface area contributed by atoms with Crippen molar-refractivity contribution < 1.29 is 30.6 Å². The molecule has 2 aromatic heterocycles. The number of rotatable bonds is 12. The molecule has 1 atom stereocenters. The third kappa shape index (κ3) is 8.85. The molecule has 0 bridgehead atoms. The Kier molecular flexibility index (Phi) is 11.2. The maximum absolute atomic E-state index is 14.0. The van der Waals surface area contributed by atoms with Gasteiger partial charge in [-0.05, 0) is 66.9 Å². The molecular formula is C40H39N5O7S2. The Bertz CT molecular complexity index is 2460. The summed E-state index contributed by atoms with van der Waals surface area (Å²) in [6, 6.07) is 28.8. The number of nitrogens with one attached hydrogen (secondary N) is 1. The fourth-order valence-electron chi connectivity index (χ4n) is 6.66. The van der Waals surface area contributed by atoms with E-state index in [1.807, 2.05) is 36.4 Å². The summed E-state index contributed by atoms with van der Waals surface area (Å²) in [4.78, 5) is 25.2. The summed E-state index contributed by atoms with van der Waals surface area (Å²) in [5.41, 5.74) is 1.68. The van der Waals surface area contributed by atoms with Crippen molar-refractivity contribution in [3.8, 4) is 5.75 Å². The summed E-state index contributed by atoms with van der Waals surface area (Å²) < 4.78 is 68.7. The largest absolute Gasteiger partial charge is 0.445 e. The number of hydrogen-bond acceptors (Lipinski definition) is 10. The first-order valence-corrected chi connectivity index (χ1v) is 20.4. The van der Waals surface area contributed by atoms with Crippen molar-refractivity contribution in [1.29, 1.82) is 0 Å². The number of carbonyl (C=O) groups is 1. The predicted molar refractivity (Wildman–Crippen MR) is 205 cm³/mol. The van der Waals surface area contributed by atoms with Crippen molar-refractivity contribution in [2.45, 2.75) is 35.3 Å². The molecule has 1 amide bonds. The molecule has 0 radical (unpaired) electrons. The zero-order valence-corrected chi connectivity index (χ0v) is 31.0. The van der Waals surface area contributed by atoms with Crippen LogP contribution in [0.2, 0.25) is 0 Å². The van der Waals surface area contributed by atoms with Crippen molar-refractivity contribution in [3.05, 3.63) is 139 Å². The first-order valence-electron chi connectivity index (χ1n) is 17.5. The van der Waals surface area contributed by atoms with Crippen LogP contribution in [0.15, 0.2) is 138 Å². The van der Waals surface area contributed by atoms with Crippen molar-refractivity contribution in [1.82, 2.24) is 24.5 Å². The highest BCUT2D eigenvalue weighted by molar-refractivity contribution is 7.89. The number of ether oxygens (including phenoxy) is 1. The van der Waals surface area contributed by atoms with Crippen molar-refractivity contribution in [2.75, 3.05) is 32.7 Å². The molecule has 1 fully saturated rings. The number of aromatic nitrogens is 2. The Morgan fingerprint density at radius 1 is 0.704 bits per heavy atom. The maximum atomic E-state index is 14.0. The number of fused-ring (bicyclic) bond motifs is 2. The second-order valence-corrected chi connectivity index (χ2v) is 16.3. The average molecular weight is 766 g/mol. The van der Waals surface area contributed by atoms with Crippen molar-refractivity contribution >= 4 is 47.8 Å². The smallest absolute Gasteiger partial charge is 0.410 e. The third-order valence-electron chi connectivity index (χ3n) is 9.30. The molecule has 1 unspecified atom stereocenters. The van der Waals surface area contributed by atoms with Crippen LogP contribution in [0.5, 0.6) is 5.75 Å². The first kappa shape index (κ1) is 36.9. The van der Waals surface area contributed by atoms with Gasteiger partial charge in [-0.2, -0.15) is 8.42 Å². The van der Waals surface area contributed by atoms with Crippen LogP contribution in [-0.2, 0) is 37.9 Å². The van der Waals surface area contributed by atoms with Gasteiger partial charge >= 0.3 is 16.2 Å². The van der Waals surface area contributed by atoms with Gasteiger partial charge in [0, 0.05) is 78.6 Å². The van der Waals surface area contributed by atoms with E-state index in [0.29, 0.717) is 67.1 Å². The van der Waals surface area contributed by atoms with E-state index >= 15 is 0 Å². The van der Waals surface area contributed by atoms with Crippen molar-refractivity contribution in [2.24, 2.45) is 0 Å². The minimum Gasteiger partial charge on any atom is -0.445 e. The number of hydrogen-bond donors (Lipinski definition) is 1. The molecule has 1 aliphatic heterocycles. The molecule has 1 aliphatic rings. The normalized spacial score (nSPS) is 14.8. The van der Waals surface area contributed by atoms with E-state index in [-0.39, 0.29) is 28.2 Å². The Morgan fingerprint density at radius 2 is 1.37 bits per heavy atom. The second-order valence-electron chi connectivity index (χ2n) is 13.1. The quantitative estimate of drug-likeness (QED) is 0.152. The summed E-state index contributed by atoms with van der Waals surface area (Å²) in [6.07, 6.45) is 6.91. The number of carbonyl (C=O) groups excluding carboxylic acids is 1. The van der Waals surface area contributed by atoms with E-state index in [9.17, 15) is 21.6 Å². The van der Waals surface area contributed by atoms with Crippen molar-refractivity contribution in [3.63, 3.8) is 0 Å². The molecule has 1 saturated heterocycles. The summed E-state index contributed by atoms with van der Waals surface area (Å²) in [6.45, 7) is 2.66. The average Bonchev–Trinajstić information content (AvgIpc) is 3.43. The van der Waals surface area contributed by atoms with Gasteiger partial charge in [0.1, 0.15) is 17.3 Å². The van der Waals surface area contributed by atoms with Crippen LogP contribution < -0.4 is 8.91 Å². The molecular weight excluding hydrogens is 727 g/mol. The number of sulfonamides is 1. The van der Waals surface area contributed by atoms with Crippen LogP contribution in [0.4, 0.5) is 4.79 Å². The zero-order chi connectivity index (χ0) is 37.5. The lowest BCUT2D eigenvalue weighted by Crippen LogP contribution is -2.46.